The summed E-state index contributed by atoms with van der Waals surface area (Å²) in [5.74, 6) is 1.56. The Morgan fingerprint density at radius 1 is 1.21 bits per heavy atom. The summed E-state index contributed by atoms with van der Waals surface area (Å²) < 4.78 is 16.4. The van der Waals surface area contributed by atoms with Crippen molar-refractivity contribution in [3.8, 4) is 11.5 Å². The van der Waals surface area contributed by atoms with Crippen molar-refractivity contribution in [3.05, 3.63) is 22.2 Å². The maximum Gasteiger partial charge on any atom is 0.142 e. The van der Waals surface area contributed by atoms with Gasteiger partial charge in [0.2, 0.25) is 0 Å². The van der Waals surface area contributed by atoms with Crippen LogP contribution in [0.5, 0.6) is 11.5 Å². The number of aliphatic hydroxyl groups excluding tert-OH is 1. The van der Waals surface area contributed by atoms with E-state index in [-0.39, 0.29) is 5.92 Å². The van der Waals surface area contributed by atoms with E-state index in [0.29, 0.717) is 29.0 Å². The molecule has 19 heavy (non-hydrogen) atoms. The van der Waals surface area contributed by atoms with Gasteiger partial charge in [-0.3, -0.25) is 0 Å². The number of aliphatic hydroxyl groups is 1. The third-order valence-corrected chi connectivity index (χ3v) is 3.70. The summed E-state index contributed by atoms with van der Waals surface area (Å²) >= 11 is 3.43. The van der Waals surface area contributed by atoms with Gasteiger partial charge in [0.1, 0.15) is 16.0 Å². The minimum atomic E-state index is -0.595. The van der Waals surface area contributed by atoms with E-state index in [1.54, 1.807) is 21.3 Å². The van der Waals surface area contributed by atoms with Gasteiger partial charge >= 0.3 is 0 Å². The highest BCUT2D eigenvalue weighted by molar-refractivity contribution is 9.10. The van der Waals surface area contributed by atoms with Crippen LogP contribution in [0.1, 0.15) is 25.0 Å². The fraction of sp³-hybridized carbons (Fsp3) is 0.571. The minimum Gasteiger partial charge on any atom is -0.495 e. The molecule has 0 radical (unpaired) electrons. The zero-order valence-corrected chi connectivity index (χ0v) is 13.4. The van der Waals surface area contributed by atoms with Gasteiger partial charge in [0.15, 0.2) is 0 Å². The molecule has 0 aliphatic carbocycles. The number of methoxy groups -OCH3 is 3. The molecule has 0 saturated heterocycles. The first-order valence-electron chi connectivity index (χ1n) is 6.12. The van der Waals surface area contributed by atoms with E-state index in [1.807, 2.05) is 19.1 Å². The number of hydrogen-bond acceptors (Lipinski definition) is 4. The topological polar surface area (TPSA) is 47.9 Å². The molecule has 1 aromatic carbocycles. The molecule has 0 aliphatic rings. The first kappa shape index (κ1) is 16.3. The summed E-state index contributed by atoms with van der Waals surface area (Å²) in [5.41, 5.74) is 0.748. The van der Waals surface area contributed by atoms with Crippen LogP contribution in [-0.4, -0.2) is 33.0 Å². The molecule has 0 spiro atoms. The van der Waals surface area contributed by atoms with Crippen molar-refractivity contribution in [3.63, 3.8) is 0 Å². The fourth-order valence-electron chi connectivity index (χ4n) is 2.04. The molecule has 2 atom stereocenters. The second-order valence-corrected chi connectivity index (χ2v) is 5.31. The Hall–Kier alpha value is -0.780. The van der Waals surface area contributed by atoms with E-state index < -0.39 is 6.10 Å². The van der Waals surface area contributed by atoms with E-state index in [2.05, 4.69) is 15.9 Å². The van der Waals surface area contributed by atoms with Crippen molar-refractivity contribution < 1.29 is 19.3 Å². The quantitative estimate of drug-likeness (QED) is 0.833. The highest BCUT2D eigenvalue weighted by Crippen LogP contribution is 2.40. The molecule has 1 aromatic rings. The largest absolute Gasteiger partial charge is 0.495 e. The average molecular weight is 333 g/mol. The number of rotatable bonds is 7. The van der Waals surface area contributed by atoms with Crippen molar-refractivity contribution >= 4 is 15.9 Å². The van der Waals surface area contributed by atoms with Crippen LogP contribution in [0.3, 0.4) is 0 Å². The summed E-state index contributed by atoms with van der Waals surface area (Å²) in [5, 5.41) is 10.3. The summed E-state index contributed by atoms with van der Waals surface area (Å²) in [6.07, 6.45) is 0.0190. The monoisotopic (exact) mass is 332 g/mol. The fourth-order valence-corrected chi connectivity index (χ4v) is 2.73. The Labute approximate surface area is 122 Å². The Morgan fingerprint density at radius 3 is 2.42 bits per heavy atom. The number of halogens is 1. The van der Waals surface area contributed by atoms with Crippen LogP contribution >= 0.6 is 15.9 Å². The van der Waals surface area contributed by atoms with Crippen molar-refractivity contribution in [1.29, 1.82) is 0 Å². The van der Waals surface area contributed by atoms with E-state index in [9.17, 15) is 5.11 Å². The SMILES string of the molecule is COCC(C)CC(O)c1ccc(OC)c(Br)c1OC. The summed E-state index contributed by atoms with van der Waals surface area (Å²) in [4.78, 5) is 0. The summed E-state index contributed by atoms with van der Waals surface area (Å²) in [6, 6.07) is 3.64. The smallest absolute Gasteiger partial charge is 0.142 e. The van der Waals surface area contributed by atoms with Gasteiger partial charge in [0, 0.05) is 19.3 Å². The molecule has 0 saturated carbocycles. The van der Waals surface area contributed by atoms with Gasteiger partial charge < -0.3 is 19.3 Å². The summed E-state index contributed by atoms with van der Waals surface area (Å²) in [6.45, 7) is 2.66. The lowest BCUT2D eigenvalue weighted by molar-refractivity contribution is 0.100. The maximum atomic E-state index is 10.3. The van der Waals surface area contributed by atoms with Crippen LogP contribution < -0.4 is 9.47 Å². The van der Waals surface area contributed by atoms with Crippen LogP contribution in [0.2, 0.25) is 0 Å². The van der Waals surface area contributed by atoms with Crippen molar-refractivity contribution in [1.82, 2.24) is 0 Å². The highest BCUT2D eigenvalue weighted by atomic mass is 79.9. The molecule has 0 fully saturated rings. The Balaban J connectivity index is 2.96. The maximum absolute atomic E-state index is 10.3. The standard InChI is InChI=1S/C14H21BrO4/c1-9(8-17-2)7-11(16)10-5-6-12(18-3)13(15)14(10)19-4/h5-6,9,11,16H,7-8H2,1-4H3. The van der Waals surface area contributed by atoms with Crippen molar-refractivity contribution in [2.24, 2.45) is 5.92 Å². The molecular weight excluding hydrogens is 312 g/mol. The molecule has 0 aliphatic heterocycles. The van der Waals surface area contributed by atoms with Crippen LogP contribution in [-0.2, 0) is 4.74 Å². The number of benzene rings is 1. The Kier molecular flexibility index (Phi) is 6.62. The van der Waals surface area contributed by atoms with Crippen molar-refractivity contribution in [2.75, 3.05) is 27.9 Å². The third-order valence-electron chi connectivity index (χ3n) is 2.95. The molecule has 2 unspecified atom stereocenters. The molecule has 0 amide bonds. The summed E-state index contributed by atoms with van der Waals surface area (Å²) in [7, 11) is 4.83. The predicted molar refractivity (Wildman–Crippen MR) is 77.9 cm³/mol. The Bertz CT molecular complexity index is 409. The first-order chi connectivity index (χ1) is 9.04. The molecule has 1 N–H and O–H groups in total. The van der Waals surface area contributed by atoms with E-state index in [4.69, 9.17) is 14.2 Å². The average Bonchev–Trinajstić information content (AvgIpc) is 2.38. The molecule has 4 nitrogen and oxygen atoms in total. The zero-order chi connectivity index (χ0) is 14.4. The van der Waals surface area contributed by atoms with Gasteiger partial charge in [-0.15, -0.1) is 0 Å². The first-order valence-corrected chi connectivity index (χ1v) is 6.91. The Morgan fingerprint density at radius 2 is 1.89 bits per heavy atom. The molecule has 5 heteroatoms. The molecular formula is C14H21BrO4. The van der Waals surface area contributed by atoms with Crippen LogP contribution in [0.25, 0.3) is 0 Å². The highest BCUT2D eigenvalue weighted by Gasteiger charge is 2.20. The molecule has 0 bridgehead atoms. The van der Waals surface area contributed by atoms with Gasteiger partial charge in [-0.1, -0.05) is 6.92 Å². The van der Waals surface area contributed by atoms with Crippen LogP contribution in [0.4, 0.5) is 0 Å². The minimum absolute atomic E-state index is 0.269. The molecule has 0 heterocycles. The molecule has 1 rings (SSSR count). The lowest BCUT2D eigenvalue weighted by atomic mass is 9.98. The lowest BCUT2D eigenvalue weighted by Gasteiger charge is -2.20. The van der Waals surface area contributed by atoms with E-state index in [1.165, 1.54) is 0 Å². The molecule has 0 aromatic heterocycles. The lowest BCUT2D eigenvalue weighted by Crippen LogP contribution is -2.10. The van der Waals surface area contributed by atoms with Gasteiger partial charge in [-0.25, -0.2) is 0 Å². The van der Waals surface area contributed by atoms with Gasteiger partial charge in [-0.05, 0) is 40.4 Å². The number of ether oxygens (including phenoxy) is 3. The van der Waals surface area contributed by atoms with E-state index in [0.717, 1.165) is 5.56 Å². The normalized spacial score (nSPS) is 14.0. The van der Waals surface area contributed by atoms with Gasteiger partial charge in [0.05, 0.1) is 20.3 Å². The second kappa shape index (κ2) is 7.72. The molecule has 108 valence electrons. The zero-order valence-electron chi connectivity index (χ0n) is 11.8. The number of hydrogen-bond donors (Lipinski definition) is 1. The third kappa shape index (κ3) is 4.09. The van der Waals surface area contributed by atoms with Crippen LogP contribution in [0.15, 0.2) is 16.6 Å². The predicted octanol–water partition coefficient (Wildman–Crippen LogP) is 3.17. The van der Waals surface area contributed by atoms with E-state index >= 15 is 0 Å². The van der Waals surface area contributed by atoms with Crippen molar-refractivity contribution in [2.45, 2.75) is 19.4 Å². The van der Waals surface area contributed by atoms with Crippen LogP contribution in [0, 0.1) is 5.92 Å². The van der Waals surface area contributed by atoms with Gasteiger partial charge in [-0.2, -0.15) is 0 Å². The second-order valence-electron chi connectivity index (χ2n) is 4.52. The van der Waals surface area contributed by atoms with Gasteiger partial charge in [0.25, 0.3) is 0 Å².